The summed E-state index contributed by atoms with van der Waals surface area (Å²) >= 11 is 6.37. The fraction of sp³-hybridized carbons (Fsp3) is 0.278. The zero-order valence-electron chi connectivity index (χ0n) is 13.8. The molecule has 1 N–H and O–H groups in total. The van der Waals surface area contributed by atoms with Gasteiger partial charge in [0.25, 0.3) is 0 Å². The standard InChI is InChI=1S/C18H18ClN5O/c1-25-13-7-17(24(11-13)16-4-6-21-9-14(16)19)18-22-10-15(23-18)12-3-2-5-20-8-12/h2-6,8-10,13,17H,7,11H2,1H3,(H,22,23)/t13-,17+/m1/s1. The molecule has 3 aromatic rings. The number of rotatable bonds is 4. The van der Waals surface area contributed by atoms with E-state index in [1.54, 1.807) is 25.7 Å². The lowest BCUT2D eigenvalue weighted by Crippen LogP contribution is -2.25. The Labute approximate surface area is 150 Å². The molecule has 4 rings (SSSR count). The van der Waals surface area contributed by atoms with Gasteiger partial charge in [0.1, 0.15) is 5.82 Å². The zero-order valence-corrected chi connectivity index (χ0v) is 14.5. The van der Waals surface area contributed by atoms with E-state index >= 15 is 0 Å². The normalized spacial score (nSPS) is 20.2. The predicted octanol–water partition coefficient (Wildman–Crippen LogP) is 3.49. The Morgan fingerprint density at radius 3 is 2.84 bits per heavy atom. The van der Waals surface area contributed by atoms with Gasteiger partial charge in [-0.1, -0.05) is 11.6 Å². The second-order valence-electron chi connectivity index (χ2n) is 6.01. The third-order valence-electron chi connectivity index (χ3n) is 4.54. The number of aromatic nitrogens is 4. The third kappa shape index (κ3) is 3.10. The average Bonchev–Trinajstić information content (AvgIpc) is 3.30. The summed E-state index contributed by atoms with van der Waals surface area (Å²) in [7, 11) is 1.74. The molecule has 7 heteroatoms. The van der Waals surface area contributed by atoms with E-state index in [0.29, 0.717) is 5.02 Å². The van der Waals surface area contributed by atoms with E-state index in [0.717, 1.165) is 35.7 Å². The van der Waals surface area contributed by atoms with Crippen molar-refractivity contribution in [1.29, 1.82) is 0 Å². The summed E-state index contributed by atoms with van der Waals surface area (Å²) in [5.74, 6) is 0.895. The first kappa shape index (κ1) is 16.1. The molecule has 25 heavy (non-hydrogen) atoms. The number of methoxy groups -OCH3 is 1. The molecule has 128 valence electrons. The highest BCUT2D eigenvalue weighted by Gasteiger charge is 2.36. The van der Waals surface area contributed by atoms with E-state index in [4.69, 9.17) is 16.3 Å². The third-order valence-corrected chi connectivity index (χ3v) is 4.83. The number of hydrogen-bond donors (Lipinski definition) is 1. The van der Waals surface area contributed by atoms with Crippen molar-refractivity contribution in [3.63, 3.8) is 0 Å². The number of imidazole rings is 1. The van der Waals surface area contributed by atoms with E-state index < -0.39 is 0 Å². The first-order valence-electron chi connectivity index (χ1n) is 8.10. The van der Waals surface area contributed by atoms with Gasteiger partial charge in [-0.15, -0.1) is 0 Å². The number of nitrogens with zero attached hydrogens (tertiary/aromatic N) is 4. The molecule has 1 aliphatic heterocycles. The van der Waals surface area contributed by atoms with E-state index in [-0.39, 0.29) is 12.1 Å². The first-order chi connectivity index (χ1) is 12.3. The van der Waals surface area contributed by atoms with Crippen LogP contribution in [0, 0.1) is 0 Å². The Bertz CT molecular complexity index is 853. The molecule has 0 aliphatic carbocycles. The Morgan fingerprint density at radius 2 is 2.08 bits per heavy atom. The molecule has 0 radical (unpaired) electrons. The number of nitrogens with one attached hydrogen (secondary N) is 1. The minimum Gasteiger partial charge on any atom is -0.380 e. The van der Waals surface area contributed by atoms with Crippen molar-refractivity contribution in [1.82, 2.24) is 19.9 Å². The Hall–Kier alpha value is -2.44. The molecule has 4 heterocycles. The van der Waals surface area contributed by atoms with Gasteiger partial charge in [0.15, 0.2) is 0 Å². The fourth-order valence-corrected chi connectivity index (χ4v) is 3.50. The van der Waals surface area contributed by atoms with Crippen molar-refractivity contribution in [2.24, 2.45) is 0 Å². The van der Waals surface area contributed by atoms with Crippen LogP contribution in [-0.2, 0) is 4.74 Å². The summed E-state index contributed by atoms with van der Waals surface area (Å²) in [5, 5.41) is 0.628. The van der Waals surface area contributed by atoms with Crippen LogP contribution in [0.15, 0.2) is 49.2 Å². The van der Waals surface area contributed by atoms with Gasteiger partial charge in [0.2, 0.25) is 0 Å². The van der Waals surface area contributed by atoms with E-state index in [9.17, 15) is 0 Å². The molecule has 3 aromatic heterocycles. The summed E-state index contributed by atoms with van der Waals surface area (Å²) in [4.78, 5) is 18.5. The number of halogens is 1. The van der Waals surface area contributed by atoms with Crippen LogP contribution in [0.2, 0.25) is 5.02 Å². The lowest BCUT2D eigenvalue weighted by Gasteiger charge is -2.25. The van der Waals surface area contributed by atoms with Crippen LogP contribution >= 0.6 is 11.6 Å². The molecule has 0 spiro atoms. The van der Waals surface area contributed by atoms with Gasteiger partial charge >= 0.3 is 0 Å². The Morgan fingerprint density at radius 1 is 1.20 bits per heavy atom. The first-order valence-corrected chi connectivity index (χ1v) is 8.48. The SMILES string of the molecule is CO[C@@H]1C[C@@H](c2ncc(-c3cccnc3)[nH]2)N(c2ccncc2Cl)C1. The smallest absolute Gasteiger partial charge is 0.129 e. The maximum Gasteiger partial charge on any atom is 0.129 e. The van der Waals surface area contributed by atoms with Gasteiger partial charge in [0, 0.05) is 50.4 Å². The second kappa shape index (κ2) is 6.82. The molecule has 0 amide bonds. The van der Waals surface area contributed by atoms with Crippen LogP contribution in [0.4, 0.5) is 5.69 Å². The Balaban J connectivity index is 1.68. The summed E-state index contributed by atoms with van der Waals surface area (Å²) in [6.07, 6.45) is 9.81. The largest absolute Gasteiger partial charge is 0.380 e. The highest BCUT2D eigenvalue weighted by Crippen LogP contribution is 2.39. The van der Waals surface area contributed by atoms with Crippen LogP contribution in [0.25, 0.3) is 11.3 Å². The number of pyridine rings is 2. The fourth-order valence-electron chi connectivity index (χ4n) is 3.27. The predicted molar refractivity (Wildman–Crippen MR) is 96.6 cm³/mol. The van der Waals surface area contributed by atoms with Gasteiger partial charge in [-0.2, -0.15) is 0 Å². The summed E-state index contributed by atoms with van der Waals surface area (Å²) in [5.41, 5.74) is 2.90. The van der Waals surface area contributed by atoms with E-state index in [1.807, 2.05) is 30.6 Å². The maximum absolute atomic E-state index is 6.37. The number of anilines is 1. The van der Waals surface area contributed by atoms with Gasteiger partial charge in [0.05, 0.1) is 34.7 Å². The van der Waals surface area contributed by atoms with Gasteiger partial charge in [-0.3, -0.25) is 9.97 Å². The molecule has 2 atom stereocenters. The number of aromatic amines is 1. The van der Waals surface area contributed by atoms with Crippen LogP contribution < -0.4 is 4.90 Å². The molecule has 0 saturated carbocycles. The molecule has 6 nitrogen and oxygen atoms in total. The van der Waals surface area contributed by atoms with Gasteiger partial charge < -0.3 is 14.6 Å². The van der Waals surface area contributed by atoms with Crippen molar-refractivity contribution in [2.45, 2.75) is 18.6 Å². The number of H-pyrrole nitrogens is 1. The average molecular weight is 356 g/mol. The highest BCUT2D eigenvalue weighted by atomic mass is 35.5. The van der Waals surface area contributed by atoms with Crippen LogP contribution in [0.3, 0.4) is 0 Å². The maximum atomic E-state index is 6.37. The quantitative estimate of drug-likeness (QED) is 0.776. The molecular weight excluding hydrogens is 338 g/mol. The van der Waals surface area contributed by atoms with Crippen molar-refractivity contribution in [2.75, 3.05) is 18.6 Å². The molecule has 0 unspecified atom stereocenters. The van der Waals surface area contributed by atoms with Crippen molar-refractivity contribution < 1.29 is 4.74 Å². The summed E-state index contributed by atoms with van der Waals surface area (Å²) < 4.78 is 5.59. The summed E-state index contributed by atoms with van der Waals surface area (Å²) in [6.45, 7) is 0.758. The van der Waals surface area contributed by atoms with Crippen molar-refractivity contribution in [3.05, 3.63) is 60.0 Å². The molecule has 1 fully saturated rings. The topological polar surface area (TPSA) is 66.9 Å². The minimum atomic E-state index is 0.0651. The number of ether oxygens (including phenoxy) is 1. The monoisotopic (exact) mass is 355 g/mol. The molecule has 0 bridgehead atoms. The minimum absolute atomic E-state index is 0.0651. The van der Waals surface area contributed by atoms with E-state index in [1.165, 1.54) is 0 Å². The van der Waals surface area contributed by atoms with Gasteiger partial charge in [-0.25, -0.2) is 4.98 Å². The molecule has 0 aromatic carbocycles. The van der Waals surface area contributed by atoms with Crippen LogP contribution in [-0.4, -0.2) is 39.7 Å². The molecule has 1 aliphatic rings. The van der Waals surface area contributed by atoms with Crippen LogP contribution in [0.1, 0.15) is 18.3 Å². The second-order valence-corrected chi connectivity index (χ2v) is 6.42. The Kier molecular flexibility index (Phi) is 4.38. The highest BCUT2D eigenvalue weighted by molar-refractivity contribution is 6.33. The molecule has 1 saturated heterocycles. The van der Waals surface area contributed by atoms with E-state index in [2.05, 4.69) is 24.8 Å². The number of hydrogen-bond acceptors (Lipinski definition) is 5. The summed E-state index contributed by atoms with van der Waals surface area (Å²) in [6, 6.07) is 5.91. The lowest BCUT2D eigenvalue weighted by molar-refractivity contribution is 0.118. The van der Waals surface area contributed by atoms with Crippen molar-refractivity contribution >= 4 is 17.3 Å². The van der Waals surface area contributed by atoms with Gasteiger partial charge in [-0.05, 0) is 18.2 Å². The molecular formula is C18H18ClN5O. The van der Waals surface area contributed by atoms with Crippen molar-refractivity contribution in [3.8, 4) is 11.3 Å². The zero-order chi connectivity index (χ0) is 17.2. The lowest BCUT2D eigenvalue weighted by atomic mass is 10.2. The van der Waals surface area contributed by atoms with Crippen LogP contribution in [0.5, 0.6) is 0 Å².